The average Bonchev–Trinajstić information content (AvgIpc) is 3.59. The summed E-state index contributed by atoms with van der Waals surface area (Å²) in [6.07, 6.45) is 7.55. The number of aliphatic hydroxyl groups is 1. The molecule has 0 saturated heterocycles. The summed E-state index contributed by atoms with van der Waals surface area (Å²) in [7, 11) is 0. The predicted molar refractivity (Wildman–Crippen MR) is 205 cm³/mol. The van der Waals surface area contributed by atoms with Gasteiger partial charge < -0.3 is 17.0 Å². The van der Waals surface area contributed by atoms with Gasteiger partial charge in [-0.05, 0) is 74.3 Å². The quantitative estimate of drug-likeness (QED) is 0.0843. The minimum absolute atomic E-state index is 0. The Morgan fingerprint density at radius 3 is 2.30 bits per heavy atom. The van der Waals surface area contributed by atoms with E-state index in [1.54, 1.807) is 23.7 Å². The summed E-state index contributed by atoms with van der Waals surface area (Å²) in [4.78, 5) is 21.0. The van der Waals surface area contributed by atoms with Crippen molar-refractivity contribution in [3.63, 3.8) is 0 Å². The van der Waals surface area contributed by atoms with E-state index in [1.165, 1.54) is 16.3 Å². The van der Waals surface area contributed by atoms with E-state index < -0.39 is 0 Å². The van der Waals surface area contributed by atoms with Crippen molar-refractivity contribution in [2.24, 2.45) is 17.8 Å². The number of ketones is 1. The van der Waals surface area contributed by atoms with E-state index in [2.05, 4.69) is 48.1 Å². The molecular weight excluding hydrogens is 824 g/mol. The van der Waals surface area contributed by atoms with Crippen molar-refractivity contribution in [3.05, 3.63) is 90.6 Å². The maximum Gasteiger partial charge on any atom is 0.162 e. The van der Waals surface area contributed by atoms with Gasteiger partial charge in [0.15, 0.2) is 5.78 Å². The molecule has 1 radical (unpaired) electrons. The fourth-order valence-corrected chi connectivity index (χ4v) is 7.72. The minimum atomic E-state index is -0.271. The zero-order valence-corrected chi connectivity index (χ0v) is 33.9. The molecular formula is C42H49FIrN2O3S-2. The standard InChI is InChI=1S/C28H22FN2OS.C13H24O2.CH3.Ir/c1-14(2)7-17-5-6-18-23(12-17)33-28-25(18)30-13-31-26(28)20-9-15(3)8-19-24-21(29)10-16(4)11-22(24)32-27(19)20;1-5-10(6-2)12(14)9-13(15)11(7-3)8-4;;/h5-6,8,10-14H,7H2,1-4H3;9-11,14H,5-8H2,1-4H3;1H3;/q-1;;-1;/b;12-9-;;. The van der Waals surface area contributed by atoms with E-state index in [-0.39, 0.29) is 56.7 Å². The molecule has 0 bridgehead atoms. The molecule has 1 N–H and O–H groups in total. The summed E-state index contributed by atoms with van der Waals surface area (Å²) < 4.78 is 23.3. The van der Waals surface area contributed by atoms with Crippen LogP contribution >= 0.6 is 11.3 Å². The van der Waals surface area contributed by atoms with E-state index in [1.807, 2.05) is 53.7 Å². The van der Waals surface area contributed by atoms with Gasteiger partial charge >= 0.3 is 0 Å². The third kappa shape index (κ3) is 8.53. The molecule has 0 unspecified atom stereocenters. The first-order valence-electron chi connectivity index (χ1n) is 17.1. The maximum atomic E-state index is 14.9. The van der Waals surface area contributed by atoms with Crippen molar-refractivity contribution in [1.82, 2.24) is 9.97 Å². The van der Waals surface area contributed by atoms with Gasteiger partial charge in [0.2, 0.25) is 0 Å². The summed E-state index contributed by atoms with van der Waals surface area (Å²) in [6, 6.07) is 15.4. The molecule has 0 aliphatic heterocycles. The number of benzene rings is 3. The van der Waals surface area contributed by atoms with Crippen LogP contribution in [0, 0.1) is 50.9 Å². The van der Waals surface area contributed by atoms with E-state index in [4.69, 9.17) is 4.42 Å². The van der Waals surface area contributed by atoms with Crippen LogP contribution < -0.4 is 0 Å². The molecule has 0 amide bonds. The van der Waals surface area contributed by atoms with Crippen LogP contribution in [0.2, 0.25) is 0 Å². The number of aliphatic hydroxyl groups excluding tert-OH is 1. The van der Waals surface area contributed by atoms with Crippen LogP contribution in [0.3, 0.4) is 0 Å². The first-order chi connectivity index (χ1) is 23.0. The number of hydrogen-bond donors (Lipinski definition) is 1. The van der Waals surface area contributed by atoms with E-state index in [0.29, 0.717) is 22.5 Å². The molecule has 0 spiro atoms. The van der Waals surface area contributed by atoms with Crippen molar-refractivity contribution < 1.29 is 38.8 Å². The van der Waals surface area contributed by atoms with Crippen LogP contribution in [-0.2, 0) is 31.3 Å². The molecule has 0 aliphatic rings. The second-order valence-corrected chi connectivity index (χ2v) is 14.3. The predicted octanol–water partition coefficient (Wildman–Crippen LogP) is 12.5. The molecule has 269 valence electrons. The number of furan rings is 1. The molecule has 6 aromatic rings. The number of nitrogens with zero attached hydrogens (tertiary/aromatic N) is 2. The normalized spacial score (nSPS) is 11.8. The smallest absolute Gasteiger partial charge is 0.162 e. The van der Waals surface area contributed by atoms with Crippen LogP contribution in [0.15, 0.2) is 59.0 Å². The van der Waals surface area contributed by atoms with E-state index in [0.717, 1.165) is 75.5 Å². The third-order valence-electron chi connectivity index (χ3n) is 9.11. The van der Waals surface area contributed by atoms with Crippen molar-refractivity contribution in [1.29, 1.82) is 0 Å². The number of carbonyl (C=O) groups is 1. The van der Waals surface area contributed by atoms with Gasteiger partial charge in [0.25, 0.3) is 0 Å². The van der Waals surface area contributed by atoms with Gasteiger partial charge in [0, 0.05) is 63.9 Å². The van der Waals surface area contributed by atoms with E-state index in [9.17, 15) is 14.3 Å². The molecule has 3 heterocycles. The summed E-state index contributed by atoms with van der Waals surface area (Å²) in [5, 5.41) is 12.1. The van der Waals surface area contributed by atoms with E-state index >= 15 is 0 Å². The van der Waals surface area contributed by atoms with Crippen molar-refractivity contribution in [2.45, 2.75) is 87.5 Å². The molecule has 0 atom stereocenters. The first-order valence-corrected chi connectivity index (χ1v) is 18.0. The second-order valence-electron chi connectivity index (χ2n) is 13.2. The third-order valence-corrected chi connectivity index (χ3v) is 10.3. The Morgan fingerprint density at radius 2 is 1.66 bits per heavy atom. The van der Waals surface area contributed by atoms with Crippen LogP contribution in [0.4, 0.5) is 4.39 Å². The Balaban J connectivity index is 0.000000343. The molecule has 0 aliphatic carbocycles. The molecule has 8 heteroatoms. The number of thiophene rings is 1. The Bertz CT molecular complexity index is 2120. The van der Waals surface area contributed by atoms with Gasteiger partial charge in [-0.15, -0.1) is 29.0 Å². The molecule has 5 nitrogen and oxygen atoms in total. The van der Waals surface area contributed by atoms with Gasteiger partial charge in [-0.2, -0.15) is 0 Å². The molecule has 3 aromatic carbocycles. The zero-order valence-electron chi connectivity index (χ0n) is 30.7. The fourth-order valence-electron chi connectivity index (χ4n) is 6.50. The Kier molecular flexibility index (Phi) is 14.5. The molecule has 50 heavy (non-hydrogen) atoms. The monoisotopic (exact) mass is 873 g/mol. The average molecular weight is 873 g/mol. The number of aryl methyl sites for hydroxylation is 2. The fraction of sp³-hybridized carbons (Fsp3) is 0.381. The first kappa shape index (κ1) is 41.0. The topological polar surface area (TPSA) is 76.2 Å². The molecule has 3 aromatic heterocycles. The van der Waals surface area contributed by atoms with Gasteiger partial charge in [-0.25, -0.2) is 9.37 Å². The Labute approximate surface area is 313 Å². The van der Waals surface area contributed by atoms with Crippen LogP contribution in [0.25, 0.3) is 53.5 Å². The Morgan fingerprint density at radius 1 is 0.980 bits per heavy atom. The van der Waals surface area contributed by atoms with Gasteiger partial charge in [-0.3, -0.25) is 9.78 Å². The van der Waals surface area contributed by atoms with Crippen LogP contribution in [0.1, 0.15) is 83.9 Å². The van der Waals surface area contributed by atoms with Crippen LogP contribution in [-0.4, -0.2) is 20.9 Å². The zero-order chi connectivity index (χ0) is 34.7. The number of carbonyl (C=O) groups excluding carboxylic acids is 1. The number of hydrogen-bond acceptors (Lipinski definition) is 6. The van der Waals surface area contributed by atoms with Crippen molar-refractivity contribution >= 4 is 59.4 Å². The summed E-state index contributed by atoms with van der Waals surface area (Å²) >= 11 is 1.69. The van der Waals surface area contributed by atoms with Crippen molar-refractivity contribution in [2.75, 3.05) is 0 Å². The van der Waals surface area contributed by atoms with Gasteiger partial charge in [-0.1, -0.05) is 71.5 Å². The van der Waals surface area contributed by atoms with Gasteiger partial charge in [0.1, 0.15) is 17.7 Å². The SMILES string of the molecule is CCC(CC)C(=O)/C=C(\O)C(CC)CC.Cc1[c-]c(-c2ncnc3c2sc2cc(CC(C)C)ccc23)c2oc3cc(C)cc(F)c3c2c1.[CH3-].[Ir]. The summed E-state index contributed by atoms with van der Waals surface area (Å²) in [5.41, 5.74) is 6.67. The number of halogens is 1. The Hall–Kier alpha value is -3.45. The maximum absolute atomic E-state index is 14.9. The number of aromatic nitrogens is 2. The summed E-state index contributed by atoms with van der Waals surface area (Å²) in [5.74, 6) is 0.873. The van der Waals surface area contributed by atoms with Crippen molar-refractivity contribution in [3.8, 4) is 11.3 Å². The molecule has 0 fully saturated rings. The summed E-state index contributed by atoms with van der Waals surface area (Å²) in [6.45, 7) is 16.4. The molecule has 0 saturated carbocycles. The number of rotatable bonds is 10. The number of allylic oxidation sites excluding steroid dienone is 2. The second kappa shape index (κ2) is 17.7. The largest absolute Gasteiger partial charge is 0.512 e. The molecule has 6 rings (SSSR count). The van der Waals surface area contributed by atoms with Crippen LogP contribution in [0.5, 0.6) is 0 Å². The van der Waals surface area contributed by atoms with Gasteiger partial charge in [0.05, 0.1) is 16.9 Å². The minimum Gasteiger partial charge on any atom is -0.512 e. The number of fused-ring (bicyclic) bond motifs is 6.